The van der Waals surface area contributed by atoms with E-state index in [1.54, 1.807) is 27.0 Å². The second-order valence-electron chi connectivity index (χ2n) is 7.41. The van der Waals surface area contributed by atoms with Gasteiger partial charge in [0.1, 0.15) is 0 Å². The first-order chi connectivity index (χ1) is 12.2. The highest BCUT2D eigenvalue weighted by molar-refractivity contribution is 7.48. The standard InChI is InChI=1S/C20H35O5P/c1-8-23-26(21,24-9-2)25-18-13-12-17(15-19(18)22-7)20(5,6)14-10-11-16(3)4/h12-13,15-16H,8-11,14H2,1-7H3. The number of rotatable bonds is 12. The Bertz CT molecular complexity index is 588. The first kappa shape index (κ1) is 23.0. The molecule has 6 heteroatoms. The quantitative estimate of drug-likeness (QED) is 0.391. The van der Waals surface area contributed by atoms with Gasteiger partial charge in [0.2, 0.25) is 0 Å². The predicted molar refractivity (Wildman–Crippen MR) is 106 cm³/mol. The molecule has 0 fully saturated rings. The topological polar surface area (TPSA) is 54.0 Å². The molecule has 0 spiro atoms. The van der Waals surface area contributed by atoms with Gasteiger partial charge in [-0.2, -0.15) is 0 Å². The number of benzene rings is 1. The largest absolute Gasteiger partial charge is 0.530 e. The lowest BCUT2D eigenvalue weighted by atomic mass is 9.79. The smallest absolute Gasteiger partial charge is 0.493 e. The molecule has 0 unspecified atom stereocenters. The number of hydrogen-bond acceptors (Lipinski definition) is 5. The molecule has 0 aliphatic heterocycles. The predicted octanol–water partition coefficient (Wildman–Crippen LogP) is 6.36. The van der Waals surface area contributed by atoms with E-state index in [1.165, 1.54) is 12.8 Å². The van der Waals surface area contributed by atoms with Gasteiger partial charge >= 0.3 is 7.82 Å². The molecule has 0 N–H and O–H groups in total. The molecule has 0 heterocycles. The maximum atomic E-state index is 12.6. The molecule has 1 aromatic carbocycles. The van der Waals surface area contributed by atoms with Crippen LogP contribution in [0.2, 0.25) is 0 Å². The minimum absolute atomic E-state index is 0.0181. The van der Waals surface area contributed by atoms with Crippen molar-refractivity contribution in [3.8, 4) is 11.5 Å². The van der Waals surface area contributed by atoms with Gasteiger partial charge < -0.3 is 9.26 Å². The zero-order chi connectivity index (χ0) is 19.8. The van der Waals surface area contributed by atoms with Crippen molar-refractivity contribution in [2.45, 2.75) is 66.2 Å². The van der Waals surface area contributed by atoms with Crippen LogP contribution in [0.5, 0.6) is 11.5 Å². The third-order valence-corrected chi connectivity index (χ3v) is 5.88. The minimum Gasteiger partial charge on any atom is -0.493 e. The SMILES string of the molecule is CCOP(=O)(OCC)Oc1ccc(C(C)(C)CCCC(C)C)cc1OC. The molecular weight excluding hydrogens is 351 g/mol. The highest BCUT2D eigenvalue weighted by Gasteiger charge is 2.30. The van der Waals surface area contributed by atoms with Gasteiger partial charge in [-0.3, -0.25) is 9.05 Å². The van der Waals surface area contributed by atoms with Crippen molar-refractivity contribution < 1.29 is 22.9 Å². The summed E-state index contributed by atoms with van der Waals surface area (Å²) in [6.07, 6.45) is 3.48. The van der Waals surface area contributed by atoms with E-state index in [0.29, 0.717) is 17.4 Å². The molecule has 0 atom stereocenters. The monoisotopic (exact) mass is 386 g/mol. The van der Waals surface area contributed by atoms with Gasteiger partial charge in [0.15, 0.2) is 11.5 Å². The van der Waals surface area contributed by atoms with E-state index in [0.717, 1.165) is 12.0 Å². The number of ether oxygens (including phenoxy) is 1. The Hall–Kier alpha value is -1.03. The van der Waals surface area contributed by atoms with Crippen LogP contribution in [0.25, 0.3) is 0 Å². The van der Waals surface area contributed by atoms with Crippen LogP contribution in [0.1, 0.15) is 66.4 Å². The average Bonchev–Trinajstić information content (AvgIpc) is 2.54. The lowest BCUT2D eigenvalue weighted by molar-refractivity contribution is 0.166. The first-order valence-corrected chi connectivity index (χ1v) is 10.9. The third-order valence-electron chi connectivity index (χ3n) is 4.31. The normalized spacial score (nSPS) is 12.5. The zero-order valence-corrected chi connectivity index (χ0v) is 18.2. The van der Waals surface area contributed by atoms with Crippen molar-refractivity contribution in [1.29, 1.82) is 0 Å². The van der Waals surface area contributed by atoms with E-state index in [2.05, 4.69) is 27.7 Å². The molecule has 1 aromatic rings. The van der Waals surface area contributed by atoms with E-state index >= 15 is 0 Å². The van der Waals surface area contributed by atoms with E-state index in [1.807, 2.05) is 12.1 Å². The highest BCUT2D eigenvalue weighted by Crippen LogP contribution is 2.51. The molecule has 0 bridgehead atoms. The number of methoxy groups -OCH3 is 1. The van der Waals surface area contributed by atoms with Crippen LogP contribution in [0.15, 0.2) is 18.2 Å². The fourth-order valence-corrected chi connectivity index (χ4v) is 3.99. The number of hydrogen-bond donors (Lipinski definition) is 0. The molecule has 1 rings (SSSR count). The summed E-state index contributed by atoms with van der Waals surface area (Å²) in [5.74, 6) is 1.60. The first-order valence-electron chi connectivity index (χ1n) is 9.44. The van der Waals surface area contributed by atoms with Gasteiger partial charge in [-0.25, -0.2) is 4.57 Å². The van der Waals surface area contributed by atoms with Crippen molar-refractivity contribution >= 4 is 7.82 Å². The molecule has 26 heavy (non-hydrogen) atoms. The van der Waals surface area contributed by atoms with Crippen LogP contribution in [-0.2, 0) is 19.0 Å². The Morgan fingerprint density at radius 1 is 1.08 bits per heavy atom. The summed E-state index contributed by atoms with van der Waals surface area (Å²) in [6, 6.07) is 5.73. The lowest BCUT2D eigenvalue weighted by Crippen LogP contribution is -2.17. The Morgan fingerprint density at radius 2 is 1.69 bits per heavy atom. The van der Waals surface area contributed by atoms with Crippen LogP contribution in [0, 0.1) is 5.92 Å². The van der Waals surface area contributed by atoms with Gasteiger partial charge in [-0.1, -0.05) is 46.6 Å². The van der Waals surface area contributed by atoms with E-state index in [-0.39, 0.29) is 18.6 Å². The molecule has 0 aliphatic carbocycles. The molecule has 0 radical (unpaired) electrons. The summed E-state index contributed by atoms with van der Waals surface area (Å²) < 4.78 is 34.1. The molecule has 0 aliphatic rings. The number of phosphoric acid groups is 1. The van der Waals surface area contributed by atoms with Crippen molar-refractivity contribution in [1.82, 2.24) is 0 Å². The van der Waals surface area contributed by atoms with Crippen LogP contribution < -0.4 is 9.26 Å². The fourth-order valence-electron chi connectivity index (χ4n) is 2.79. The minimum atomic E-state index is -3.65. The van der Waals surface area contributed by atoms with Crippen molar-refractivity contribution in [3.63, 3.8) is 0 Å². The third kappa shape index (κ3) is 6.94. The second-order valence-corrected chi connectivity index (χ2v) is 9.00. The average molecular weight is 386 g/mol. The summed E-state index contributed by atoms with van der Waals surface area (Å²) in [6.45, 7) is 12.9. The van der Waals surface area contributed by atoms with E-state index in [4.69, 9.17) is 18.3 Å². The second kappa shape index (κ2) is 10.3. The highest BCUT2D eigenvalue weighted by atomic mass is 31.2. The van der Waals surface area contributed by atoms with Crippen molar-refractivity contribution in [2.24, 2.45) is 5.92 Å². The summed E-state index contributed by atoms with van der Waals surface area (Å²) in [7, 11) is -2.07. The van der Waals surface area contributed by atoms with Crippen molar-refractivity contribution in [3.05, 3.63) is 23.8 Å². The number of phosphoric ester groups is 1. The maximum Gasteiger partial charge on any atom is 0.530 e. The Kier molecular flexibility index (Phi) is 9.15. The Morgan fingerprint density at radius 3 is 2.19 bits per heavy atom. The summed E-state index contributed by atoms with van der Waals surface area (Å²) in [4.78, 5) is 0. The maximum absolute atomic E-state index is 12.6. The van der Waals surface area contributed by atoms with E-state index in [9.17, 15) is 4.57 Å². The molecule has 150 valence electrons. The van der Waals surface area contributed by atoms with Crippen molar-refractivity contribution in [2.75, 3.05) is 20.3 Å². The lowest BCUT2D eigenvalue weighted by Gasteiger charge is -2.27. The van der Waals surface area contributed by atoms with Crippen LogP contribution in [0.3, 0.4) is 0 Å². The molecular formula is C20H35O5P. The van der Waals surface area contributed by atoms with Gasteiger partial charge in [-0.05, 0) is 49.3 Å². The zero-order valence-electron chi connectivity index (χ0n) is 17.3. The van der Waals surface area contributed by atoms with Crippen LogP contribution in [0.4, 0.5) is 0 Å². The van der Waals surface area contributed by atoms with Gasteiger partial charge in [0, 0.05) is 0 Å². The molecule has 0 amide bonds. The van der Waals surface area contributed by atoms with Crippen LogP contribution >= 0.6 is 7.82 Å². The van der Waals surface area contributed by atoms with E-state index < -0.39 is 7.82 Å². The van der Waals surface area contributed by atoms with Gasteiger partial charge in [0.05, 0.1) is 20.3 Å². The van der Waals surface area contributed by atoms with Gasteiger partial charge in [-0.15, -0.1) is 0 Å². The summed E-state index contributed by atoms with van der Waals surface area (Å²) in [5, 5.41) is 0. The molecule has 0 saturated heterocycles. The Balaban J connectivity index is 3.00. The Labute approximate surface area is 159 Å². The van der Waals surface area contributed by atoms with Crippen LogP contribution in [-0.4, -0.2) is 20.3 Å². The molecule has 5 nitrogen and oxygen atoms in total. The summed E-state index contributed by atoms with van der Waals surface area (Å²) >= 11 is 0. The fraction of sp³-hybridized carbons (Fsp3) is 0.700. The molecule has 0 aromatic heterocycles. The summed E-state index contributed by atoms with van der Waals surface area (Å²) in [5.41, 5.74) is 1.18. The van der Waals surface area contributed by atoms with Gasteiger partial charge in [0.25, 0.3) is 0 Å². The molecule has 0 saturated carbocycles.